The predicted octanol–water partition coefficient (Wildman–Crippen LogP) is 3.14. The quantitative estimate of drug-likeness (QED) is 0.756. The Kier molecular flexibility index (Phi) is 5.03. The third-order valence-electron chi connectivity index (χ3n) is 5.64. The molecule has 1 saturated heterocycles. The van der Waals surface area contributed by atoms with E-state index >= 15 is 0 Å². The highest BCUT2D eigenvalue weighted by atomic mass is 19.4. The first-order valence-corrected chi connectivity index (χ1v) is 9.66. The SMILES string of the molecule is COc1nc(C)nc2c1C(C)N(C(=O)CC1CN(c3ccnc(C(F)(F)F)c3)C1)C2. The number of alkyl halides is 3. The van der Waals surface area contributed by atoms with Gasteiger partial charge < -0.3 is 14.5 Å². The number of fused-ring (bicyclic) bond motifs is 1. The molecule has 30 heavy (non-hydrogen) atoms. The summed E-state index contributed by atoms with van der Waals surface area (Å²) in [5.41, 5.74) is 1.20. The van der Waals surface area contributed by atoms with E-state index in [2.05, 4.69) is 15.0 Å². The van der Waals surface area contributed by atoms with Gasteiger partial charge in [-0.15, -0.1) is 0 Å². The number of carbonyl (C=O) groups is 1. The average Bonchev–Trinajstić information content (AvgIpc) is 2.99. The monoisotopic (exact) mass is 421 g/mol. The van der Waals surface area contributed by atoms with Gasteiger partial charge in [-0.05, 0) is 26.0 Å². The lowest BCUT2D eigenvalue weighted by molar-refractivity contribution is -0.141. The zero-order chi connectivity index (χ0) is 21.6. The summed E-state index contributed by atoms with van der Waals surface area (Å²) in [6.45, 7) is 5.18. The maximum absolute atomic E-state index is 12.9. The number of halogens is 3. The highest BCUT2D eigenvalue weighted by Gasteiger charge is 2.38. The zero-order valence-electron chi connectivity index (χ0n) is 16.9. The van der Waals surface area contributed by atoms with Crippen LogP contribution < -0.4 is 9.64 Å². The molecule has 1 fully saturated rings. The lowest BCUT2D eigenvalue weighted by atomic mass is 9.94. The molecule has 7 nitrogen and oxygen atoms in total. The fourth-order valence-corrected chi connectivity index (χ4v) is 4.11. The molecule has 1 unspecified atom stereocenters. The van der Waals surface area contributed by atoms with Gasteiger partial charge in [0.05, 0.1) is 31.0 Å². The van der Waals surface area contributed by atoms with E-state index in [-0.39, 0.29) is 17.9 Å². The molecule has 2 aliphatic rings. The van der Waals surface area contributed by atoms with Crippen LogP contribution in [-0.4, -0.2) is 46.0 Å². The minimum atomic E-state index is -4.47. The van der Waals surface area contributed by atoms with E-state index in [1.807, 2.05) is 11.8 Å². The van der Waals surface area contributed by atoms with E-state index in [4.69, 9.17) is 4.74 Å². The fraction of sp³-hybridized carbons (Fsp3) is 0.500. The van der Waals surface area contributed by atoms with Crippen molar-refractivity contribution >= 4 is 11.6 Å². The number of rotatable bonds is 4. The number of amides is 1. The van der Waals surface area contributed by atoms with E-state index in [1.165, 1.54) is 0 Å². The number of carbonyl (C=O) groups excluding carboxylic acids is 1. The number of pyridine rings is 1. The molecule has 0 aliphatic carbocycles. The molecular formula is C20H22F3N5O2. The maximum atomic E-state index is 12.9. The van der Waals surface area contributed by atoms with Crippen molar-refractivity contribution in [3.05, 3.63) is 41.1 Å². The molecule has 0 aromatic carbocycles. The third-order valence-corrected chi connectivity index (χ3v) is 5.64. The number of aryl methyl sites for hydroxylation is 1. The summed E-state index contributed by atoms with van der Waals surface area (Å²) < 4.78 is 43.9. The molecular weight excluding hydrogens is 399 g/mol. The number of ether oxygens (including phenoxy) is 1. The lowest BCUT2D eigenvalue weighted by Crippen LogP contribution is -2.48. The molecule has 160 valence electrons. The second-order valence-electron chi connectivity index (χ2n) is 7.71. The molecule has 1 amide bonds. The van der Waals surface area contributed by atoms with Crippen LogP contribution in [0.25, 0.3) is 0 Å². The van der Waals surface area contributed by atoms with Crippen LogP contribution in [-0.2, 0) is 17.5 Å². The van der Waals surface area contributed by atoms with Crippen LogP contribution in [0.2, 0.25) is 0 Å². The topological polar surface area (TPSA) is 71.5 Å². The van der Waals surface area contributed by atoms with Crippen molar-refractivity contribution in [2.24, 2.45) is 5.92 Å². The minimum absolute atomic E-state index is 0.00411. The normalized spacial score (nSPS) is 18.9. The Balaban J connectivity index is 1.38. The van der Waals surface area contributed by atoms with Crippen LogP contribution in [0, 0.1) is 12.8 Å². The molecule has 0 N–H and O–H groups in total. The van der Waals surface area contributed by atoms with Crippen LogP contribution in [0.15, 0.2) is 18.3 Å². The first-order valence-electron chi connectivity index (χ1n) is 9.66. The second kappa shape index (κ2) is 7.41. The van der Waals surface area contributed by atoms with Gasteiger partial charge in [-0.25, -0.2) is 4.98 Å². The van der Waals surface area contributed by atoms with Crippen LogP contribution in [0.3, 0.4) is 0 Å². The Hall–Kier alpha value is -2.91. The van der Waals surface area contributed by atoms with Crippen molar-refractivity contribution in [1.82, 2.24) is 19.9 Å². The highest BCUT2D eigenvalue weighted by Crippen LogP contribution is 2.39. The molecule has 0 radical (unpaired) electrons. The van der Waals surface area contributed by atoms with Crippen LogP contribution in [0.1, 0.15) is 42.2 Å². The van der Waals surface area contributed by atoms with Gasteiger partial charge >= 0.3 is 6.18 Å². The smallest absolute Gasteiger partial charge is 0.433 e. The molecule has 2 aliphatic heterocycles. The third kappa shape index (κ3) is 3.66. The standard InChI is InChI=1S/C20H22F3N5O2/c1-11-18-15(25-12(2)26-19(18)30-3)10-28(11)17(29)6-13-8-27(9-13)14-4-5-24-16(7-14)20(21,22)23/h4-5,7,11,13H,6,8-10H2,1-3H3. The molecule has 0 spiro atoms. The molecule has 10 heteroatoms. The summed E-state index contributed by atoms with van der Waals surface area (Å²) in [5.74, 6) is 1.17. The molecule has 4 rings (SSSR count). The fourth-order valence-electron chi connectivity index (χ4n) is 4.11. The van der Waals surface area contributed by atoms with Gasteiger partial charge in [0.15, 0.2) is 0 Å². The number of hydrogen-bond acceptors (Lipinski definition) is 6. The van der Waals surface area contributed by atoms with Crippen molar-refractivity contribution in [3.8, 4) is 5.88 Å². The highest BCUT2D eigenvalue weighted by molar-refractivity contribution is 5.78. The van der Waals surface area contributed by atoms with Gasteiger partial charge in [0.1, 0.15) is 11.5 Å². The number of aromatic nitrogens is 3. The number of hydrogen-bond donors (Lipinski definition) is 0. The summed E-state index contributed by atoms with van der Waals surface area (Å²) in [6, 6.07) is 2.42. The predicted molar refractivity (Wildman–Crippen MR) is 102 cm³/mol. The van der Waals surface area contributed by atoms with Gasteiger partial charge in [-0.3, -0.25) is 9.78 Å². The Morgan fingerprint density at radius 2 is 2.03 bits per heavy atom. The van der Waals surface area contributed by atoms with Gasteiger partial charge in [-0.1, -0.05) is 0 Å². The van der Waals surface area contributed by atoms with Crippen molar-refractivity contribution in [1.29, 1.82) is 0 Å². The Morgan fingerprint density at radius 3 is 2.70 bits per heavy atom. The number of methoxy groups -OCH3 is 1. The zero-order valence-corrected chi connectivity index (χ0v) is 16.9. The summed E-state index contributed by atoms with van der Waals surface area (Å²) >= 11 is 0. The Bertz CT molecular complexity index is 975. The molecule has 0 saturated carbocycles. The van der Waals surface area contributed by atoms with Crippen LogP contribution >= 0.6 is 0 Å². The van der Waals surface area contributed by atoms with E-state index in [1.54, 1.807) is 25.0 Å². The summed E-state index contributed by atoms with van der Waals surface area (Å²) in [6.07, 6.45) is -2.98. The Labute approximate surface area is 171 Å². The van der Waals surface area contributed by atoms with Crippen LogP contribution in [0.4, 0.5) is 18.9 Å². The maximum Gasteiger partial charge on any atom is 0.433 e. The molecule has 2 aromatic rings. The van der Waals surface area contributed by atoms with E-state index < -0.39 is 11.9 Å². The van der Waals surface area contributed by atoms with Crippen molar-refractivity contribution < 1.29 is 22.7 Å². The van der Waals surface area contributed by atoms with Gasteiger partial charge in [0.2, 0.25) is 11.8 Å². The van der Waals surface area contributed by atoms with E-state index in [0.29, 0.717) is 43.4 Å². The molecule has 0 bridgehead atoms. The van der Waals surface area contributed by atoms with Gasteiger partial charge in [0.25, 0.3) is 0 Å². The second-order valence-corrected chi connectivity index (χ2v) is 7.71. The molecule has 2 aromatic heterocycles. The summed E-state index contributed by atoms with van der Waals surface area (Å²) in [7, 11) is 1.55. The van der Waals surface area contributed by atoms with Crippen LogP contribution in [0.5, 0.6) is 5.88 Å². The van der Waals surface area contributed by atoms with Crippen molar-refractivity contribution in [2.45, 2.75) is 39.0 Å². The number of nitrogens with zero attached hydrogens (tertiary/aromatic N) is 5. The summed E-state index contributed by atoms with van der Waals surface area (Å²) in [5, 5.41) is 0. The van der Waals surface area contributed by atoms with Crippen molar-refractivity contribution in [3.63, 3.8) is 0 Å². The van der Waals surface area contributed by atoms with E-state index in [9.17, 15) is 18.0 Å². The number of anilines is 1. The van der Waals surface area contributed by atoms with Gasteiger partial charge in [0, 0.05) is 37.3 Å². The first-order chi connectivity index (χ1) is 14.2. The van der Waals surface area contributed by atoms with Crippen molar-refractivity contribution in [2.75, 3.05) is 25.1 Å². The molecule has 1 atom stereocenters. The summed E-state index contributed by atoms with van der Waals surface area (Å²) in [4.78, 5) is 28.6. The molecule has 4 heterocycles. The largest absolute Gasteiger partial charge is 0.481 e. The lowest BCUT2D eigenvalue weighted by Gasteiger charge is -2.41. The Morgan fingerprint density at radius 1 is 1.30 bits per heavy atom. The first kappa shape index (κ1) is 20.4. The minimum Gasteiger partial charge on any atom is -0.481 e. The van der Waals surface area contributed by atoms with Gasteiger partial charge in [-0.2, -0.15) is 18.2 Å². The van der Waals surface area contributed by atoms with E-state index in [0.717, 1.165) is 23.5 Å². The average molecular weight is 421 g/mol.